The summed E-state index contributed by atoms with van der Waals surface area (Å²) >= 11 is 0. The van der Waals surface area contributed by atoms with Crippen molar-refractivity contribution in [2.24, 2.45) is 0 Å². The van der Waals surface area contributed by atoms with Gasteiger partial charge in [-0.3, -0.25) is 0 Å². The number of benzene rings is 1. The van der Waals surface area contributed by atoms with Crippen molar-refractivity contribution >= 4 is 22.4 Å². The van der Waals surface area contributed by atoms with E-state index < -0.39 is 10.0 Å². The first-order chi connectivity index (χ1) is 8.54. The van der Waals surface area contributed by atoms with E-state index in [9.17, 15) is 12.8 Å². The Bertz CT molecular complexity index is 524. The normalized spacial score (nSPS) is 20.8. The Morgan fingerprint density at radius 3 is 2.84 bits per heavy atom. The monoisotopic (exact) mass is 308 g/mol. The predicted octanol–water partition coefficient (Wildman–Crippen LogP) is 1.54. The molecule has 1 N–H and O–H groups in total. The Labute approximate surface area is 119 Å². The lowest BCUT2D eigenvalue weighted by atomic mass is 10.1. The third-order valence-corrected chi connectivity index (χ3v) is 5.03. The fraction of sp³-hybridized carbons (Fsp3) is 0.500. The van der Waals surface area contributed by atoms with E-state index in [4.69, 9.17) is 0 Å². The van der Waals surface area contributed by atoms with E-state index in [-0.39, 0.29) is 30.0 Å². The fourth-order valence-electron chi connectivity index (χ4n) is 2.18. The zero-order chi connectivity index (χ0) is 13.2. The molecule has 1 atom stereocenters. The van der Waals surface area contributed by atoms with E-state index in [0.29, 0.717) is 25.2 Å². The maximum absolute atomic E-state index is 13.2. The van der Waals surface area contributed by atoms with Crippen molar-refractivity contribution in [3.05, 3.63) is 35.6 Å². The number of nitrogens with one attached hydrogen (secondary N) is 1. The number of sulfonamides is 1. The van der Waals surface area contributed by atoms with Crippen molar-refractivity contribution in [1.82, 2.24) is 9.62 Å². The van der Waals surface area contributed by atoms with E-state index in [2.05, 4.69) is 5.32 Å². The number of rotatable bonds is 3. The predicted molar refractivity (Wildman–Crippen MR) is 75.4 cm³/mol. The average molecular weight is 309 g/mol. The SMILES string of the molecule is CCS(=O)(=O)N1CCNCC1c1cccc(F)c1.Cl. The summed E-state index contributed by atoms with van der Waals surface area (Å²) in [4.78, 5) is 0. The van der Waals surface area contributed by atoms with Crippen LogP contribution in [0.5, 0.6) is 0 Å². The maximum atomic E-state index is 13.2. The van der Waals surface area contributed by atoms with Gasteiger partial charge in [-0.2, -0.15) is 4.31 Å². The van der Waals surface area contributed by atoms with Crippen LogP contribution in [0.1, 0.15) is 18.5 Å². The largest absolute Gasteiger partial charge is 0.313 e. The van der Waals surface area contributed by atoms with Gasteiger partial charge in [0, 0.05) is 19.6 Å². The molecular formula is C12H18ClFN2O2S. The second-order valence-electron chi connectivity index (χ2n) is 4.29. The average Bonchev–Trinajstić information content (AvgIpc) is 2.39. The Hall–Kier alpha value is -0.690. The molecule has 0 amide bonds. The summed E-state index contributed by atoms with van der Waals surface area (Å²) in [5.41, 5.74) is 0.694. The summed E-state index contributed by atoms with van der Waals surface area (Å²) in [5, 5.41) is 3.15. The summed E-state index contributed by atoms with van der Waals surface area (Å²) in [6, 6.07) is 5.81. The molecule has 1 aromatic carbocycles. The highest BCUT2D eigenvalue weighted by Gasteiger charge is 2.32. The van der Waals surface area contributed by atoms with Gasteiger partial charge in [-0.1, -0.05) is 12.1 Å². The van der Waals surface area contributed by atoms with Crippen LogP contribution in [-0.2, 0) is 10.0 Å². The van der Waals surface area contributed by atoms with E-state index >= 15 is 0 Å². The Morgan fingerprint density at radius 2 is 2.21 bits per heavy atom. The zero-order valence-corrected chi connectivity index (χ0v) is 12.3. The van der Waals surface area contributed by atoms with Gasteiger partial charge >= 0.3 is 0 Å². The van der Waals surface area contributed by atoms with Crippen molar-refractivity contribution in [2.75, 3.05) is 25.4 Å². The minimum absolute atomic E-state index is 0. The third kappa shape index (κ3) is 3.66. The lowest BCUT2D eigenvalue weighted by Gasteiger charge is -2.35. The quantitative estimate of drug-likeness (QED) is 0.921. The van der Waals surface area contributed by atoms with Crippen molar-refractivity contribution < 1.29 is 12.8 Å². The van der Waals surface area contributed by atoms with Gasteiger partial charge < -0.3 is 5.32 Å². The van der Waals surface area contributed by atoms with Gasteiger partial charge in [-0.05, 0) is 24.6 Å². The van der Waals surface area contributed by atoms with Crippen molar-refractivity contribution in [1.29, 1.82) is 0 Å². The van der Waals surface area contributed by atoms with Crippen molar-refractivity contribution in [2.45, 2.75) is 13.0 Å². The molecule has 0 aliphatic carbocycles. The first-order valence-electron chi connectivity index (χ1n) is 6.00. The lowest BCUT2D eigenvalue weighted by molar-refractivity contribution is 0.271. The molecule has 7 heteroatoms. The molecule has 2 rings (SSSR count). The van der Waals surface area contributed by atoms with Gasteiger partial charge in [0.2, 0.25) is 10.0 Å². The van der Waals surface area contributed by atoms with Crippen LogP contribution in [0.15, 0.2) is 24.3 Å². The molecule has 1 heterocycles. The second-order valence-corrected chi connectivity index (χ2v) is 6.50. The Morgan fingerprint density at radius 1 is 1.47 bits per heavy atom. The van der Waals surface area contributed by atoms with E-state index in [1.807, 2.05) is 0 Å². The van der Waals surface area contributed by atoms with Gasteiger partial charge in [-0.25, -0.2) is 12.8 Å². The maximum Gasteiger partial charge on any atom is 0.214 e. The highest BCUT2D eigenvalue weighted by molar-refractivity contribution is 7.89. The van der Waals surface area contributed by atoms with Crippen LogP contribution in [0.4, 0.5) is 4.39 Å². The molecule has 1 fully saturated rings. The molecule has 0 bridgehead atoms. The molecule has 4 nitrogen and oxygen atoms in total. The van der Waals surface area contributed by atoms with E-state index in [1.165, 1.54) is 16.4 Å². The van der Waals surface area contributed by atoms with Crippen LogP contribution < -0.4 is 5.32 Å². The zero-order valence-electron chi connectivity index (χ0n) is 10.7. The van der Waals surface area contributed by atoms with Crippen LogP contribution in [0.25, 0.3) is 0 Å². The van der Waals surface area contributed by atoms with Gasteiger partial charge in [0.05, 0.1) is 11.8 Å². The molecule has 1 aliphatic heterocycles. The highest BCUT2D eigenvalue weighted by atomic mass is 35.5. The number of piperazine rings is 1. The highest BCUT2D eigenvalue weighted by Crippen LogP contribution is 2.25. The number of nitrogens with zero attached hydrogens (tertiary/aromatic N) is 1. The van der Waals surface area contributed by atoms with Crippen LogP contribution >= 0.6 is 12.4 Å². The van der Waals surface area contributed by atoms with Crippen LogP contribution in [0.2, 0.25) is 0 Å². The molecule has 1 aliphatic rings. The molecule has 0 saturated carbocycles. The summed E-state index contributed by atoms with van der Waals surface area (Å²) in [7, 11) is -3.26. The van der Waals surface area contributed by atoms with Crippen molar-refractivity contribution in [3.8, 4) is 0 Å². The standard InChI is InChI=1S/C12H17FN2O2S.ClH/c1-2-18(16,17)15-7-6-14-9-12(15)10-4-3-5-11(13)8-10;/h3-5,8,12,14H,2,6-7,9H2,1H3;1H. The van der Waals surface area contributed by atoms with Gasteiger partial charge in [0.25, 0.3) is 0 Å². The number of hydrogen-bond acceptors (Lipinski definition) is 3. The Balaban J connectivity index is 0.00000180. The summed E-state index contributed by atoms with van der Waals surface area (Å²) in [6.45, 7) is 3.20. The van der Waals surface area contributed by atoms with Gasteiger partial charge in [0.15, 0.2) is 0 Å². The fourth-order valence-corrected chi connectivity index (χ4v) is 3.47. The smallest absolute Gasteiger partial charge is 0.214 e. The minimum Gasteiger partial charge on any atom is -0.313 e. The first-order valence-corrected chi connectivity index (χ1v) is 7.61. The molecular weight excluding hydrogens is 291 g/mol. The molecule has 1 unspecified atom stereocenters. The van der Waals surface area contributed by atoms with Gasteiger partial charge in [-0.15, -0.1) is 12.4 Å². The summed E-state index contributed by atoms with van der Waals surface area (Å²) in [5.74, 6) is -0.273. The van der Waals surface area contributed by atoms with Gasteiger partial charge in [0.1, 0.15) is 5.82 Å². The summed E-state index contributed by atoms with van der Waals surface area (Å²) in [6.07, 6.45) is 0. The van der Waals surface area contributed by atoms with Crippen LogP contribution in [0.3, 0.4) is 0 Å². The minimum atomic E-state index is -3.26. The molecule has 1 aromatic rings. The number of halogens is 2. The topological polar surface area (TPSA) is 49.4 Å². The third-order valence-electron chi connectivity index (χ3n) is 3.15. The Kier molecular flexibility index (Phi) is 5.73. The molecule has 108 valence electrons. The van der Waals surface area contributed by atoms with E-state index in [1.54, 1.807) is 19.1 Å². The van der Waals surface area contributed by atoms with Crippen LogP contribution in [0, 0.1) is 5.82 Å². The first kappa shape index (κ1) is 16.4. The number of hydrogen-bond donors (Lipinski definition) is 1. The molecule has 0 spiro atoms. The lowest BCUT2D eigenvalue weighted by Crippen LogP contribution is -2.49. The molecule has 0 radical (unpaired) electrons. The summed E-state index contributed by atoms with van der Waals surface area (Å²) < 4.78 is 38.8. The van der Waals surface area contributed by atoms with Crippen LogP contribution in [-0.4, -0.2) is 38.1 Å². The molecule has 19 heavy (non-hydrogen) atoms. The van der Waals surface area contributed by atoms with Crippen molar-refractivity contribution in [3.63, 3.8) is 0 Å². The second kappa shape index (κ2) is 6.65. The molecule has 1 saturated heterocycles. The van der Waals surface area contributed by atoms with E-state index in [0.717, 1.165) is 0 Å². The molecule has 0 aromatic heterocycles.